The van der Waals surface area contributed by atoms with Gasteiger partial charge < -0.3 is 19.5 Å². The van der Waals surface area contributed by atoms with Crippen LogP contribution in [0.1, 0.15) is 26.7 Å². The van der Waals surface area contributed by atoms with Crippen molar-refractivity contribution in [3.63, 3.8) is 0 Å². The number of ether oxygens (including phenoxy) is 3. The molecular formula is C17H31NO4. The fourth-order valence-electron chi connectivity index (χ4n) is 1.19. The van der Waals surface area contributed by atoms with Gasteiger partial charge in [0.2, 0.25) is 5.91 Å². The van der Waals surface area contributed by atoms with Crippen molar-refractivity contribution in [2.75, 3.05) is 40.1 Å². The Hall–Kier alpha value is -1.59. The van der Waals surface area contributed by atoms with Crippen molar-refractivity contribution in [3.8, 4) is 0 Å². The Labute approximate surface area is 135 Å². The zero-order valence-corrected chi connectivity index (χ0v) is 14.2. The maximum atomic E-state index is 10.8. The first kappa shape index (κ1) is 22.7. The average Bonchev–Trinajstić information content (AvgIpc) is 2.56. The van der Waals surface area contributed by atoms with E-state index in [2.05, 4.69) is 18.5 Å². The number of amides is 1. The van der Waals surface area contributed by atoms with Gasteiger partial charge in [0.05, 0.1) is 19.8 Å². The second kappa shape index (κ2) is 19.4. The summed E-state index contributed by atoms with van der Waals surface area (Å²) in [6.45, 7) is 13.6. The lowest BCUT2D eigenvalue weighted by Crippen LogP contribution is -2.24. The van der Waals surface area contributed by atoms with Crippen LogP contribution in [0.4, 0.5) is 0 Å². The molecule has 22 heavy (non-hydrogen) atoms. The normalized spacial score (nSPS) is 9.77. The van der Waals surface area contributed by atoms with E-state index in [0.717, 1.165) is 12.8 Å². The molecule has 0 heterocycles. The van der Waals surface area contributed by atoms with Gasteiger partial charge in [-0.1, -0.05) is 39.2 Å². The van der Waals surface area contributed by atoms with Crippen molar-refractivity contribution >= 4 is 5.91 Å². The van der Waals surface area contributed by atoms with E-state index in [1.807, 2.05) is 13.8 Å². The lowest BCUT2D eigenvalue weighted by molar-refractivity contribution is -0.125. The largest absolute Gasteiger partial charge is 0.494 e. The van der Waals surface area contributed by atoms with E-state index in [0.29, 0.717) is 32.2 Å². The summed E-state index contributed by atoms with van der Waals surface area (Å²) in [4.78, 5) is 10.8. The Kier molecular flexibility index (Phi) is 20.0. The van der Waals surface area contributed by atoms with Crippen LogP contribution < -0.4 is 5.32 Å². The number of hydrogen-bond donors (Lipinski definition) is 1. The summed E-state index contributed by atoms with van der Waals surface area (Å²) in [5.41, 5.74) is 0. The molecule has 0 unspecified atom stereocenters. The van der Waals surface area contributed by atoms with Gasteiger partial charge in [-0.15, -0.1) is 0 Å². The SMILES string of the molecule is C=C/C=C\C(=C)OCCCCOCCOCC(=O)NC.CC. The van der Waals surface area contributed by atoms with E-state index in [1.54, 1.807) is 25.3 Å². The van der Waals surface area contributed by atoms with E-state index in [4.69, 9.17) is 14.2 Å². The van der Waals surface area contributed by atoms with Gasteiger partial charge in [0.1, 0.15) is 12.4 Å². The molecule has 0 rings (SSSR count). The van der Waals surface area contributed by atoms with Gasteiger partial charge in [-0.2, -0.15) is 0 Å². The first-order chi connectivity index (χ1) is 10.7. The number of allylic oxidation sites excluding steroid dienone is 3. The minimum atomic E-state index is -0.132. The predicted octanol–water partition coefficient (Wildman–Crippen LogP) is 2.84. The standard InChI is InChI=1S/C15H25NO4.C2H6/c1-4-5-8-14(2)20-10-7-6-9-18-11-12-19-13-15(17)16-3;1-2/h4-5,8H,1-2,6-7,9-13H2,3H3,(H,16,17);1-2H3/b8-5-;. The molecule has 5 heteroatoms. The molecule has 0 aromatic rings. The summed E-state index contributed by atoms with van der Waals surface area (Å²) < 4.78 is 15.8. The third-order valence-corrected chi connectivity index (χ3v) is 2.27. The Bertz CT molecular complexity index is 314. The molecule has 0 saturated heterocycles. The van der Waals surface area contributed by atoms with Gasteiger partial charge >= 0.3 is 0 Å². The van der Waals surface area contributed by atoms with Gasteiger partial charge in [0, 0.05) is 13.7 Å². The van der Waals surface area contributed by atoms with Crippen LogP contribution >= 0.6 is 0 Å². The summed E-state index contributed by atoms with van der Waals surface area (Å²) in [5.74, 6) is 0.501. The highest BCUT2D eigenvalue weighted by Crippen LogP contribution is 1.99. The highest BCUT2D eigenvalue weighted by Gasteiger charge is 1.97. The molecule has 0 fully saturated rings. The maximum Gasteiger partial charge on any atom is 0.245 e. The second-order valence-corrected chi connectivity index (χ2v) is 3.95. The Morgan fingerprint density at radius 3 is 2.36 bits per heavy atom. The maximum absolute atomic E-state index is 10.8. The molecule has 0 spiro atoms. The Morgan fingerprint density at radius 1 is 1.09 bits per heavy atom. The number of rotatable bonds is 13. The molecule has 0 bridgehead atoms. The molecule has 0 saturated carbocycles. The molecule has 0 aliphatic carbocycles. The first-order valence-electron chi connectivity index (χ1n) is 7.67. The fraction of sp³-hybridized carbons (Fsp3) is 0.588. The van der Waals surface area contributed by atoms with Crippen LogP contribution in [-0.2, 0) is 19.0 Å². The van der Waals surface area contributed by atoms with Gasteiger partial charge in [-0.25, -0.2) is 0 Å². The minimum Gasteiger partial charge on any atom is -0.494 e. The number of unbranched alkanes of at least 4 members (excludes halogenated alkanes) is 1. The Balaban J connectivity index is 0. The van der Waals surface area contributed by atoms with Crippen molar-refractivity contribution in [1.82, 2.24) is 5.32 Å². The molecule has 0 aliphatic rings. The Morgan fingerprint density at radius 2 is 1.73 bits per heavy atom. The van der Waals surface area contributed by atoms with Gasteiger partial charge in [-0.3, -0.25) is 4.79 Å². The lowest BCUT2D eigenvalue weighted by Gasteiger charge is -2.07. The van der Waals surface area contributed by atoms with Gasteiger partial charge in [-0.05, 0) is 18.9 Å². The van der Waals surface area contributed by atoms with Crippen LogP contribution in [0, 0.1) is 0 Å². The van der Waals surface area contributed by atoms with E-state index in [1.165, 1.54) is 0 Å². The number of likely N-dealkylation sites (N-methyl/N-ethyl adjacent to an activating group) is 1. The first-order valence-corrected chi connectivity index (χ1v) is 7.67. The number of carbonyl (C=O) groups is 1. The van der Waals surface area contributed by atoms with Crippen LogP contribution in [-0.4, -0.2) is 46.0 Å². The third-order valence-electron chi connectivity index (χ3n) is 2.27. The lowest BCUT2D eigenvalue weighted by atomic mass is 10.3. The number of nitrogens with one attached hydrogen (secondary N) is 1. The highest BCUT2D eigenvalue weighted by atomic mass is 16.5. The summed E-state index contributed by atoms with van der Waals surface area (Å²) in [7, 11) is 1.58. The molecular weight excluding hydrogens is 282 g/mol. The molecule has 0 aliphatic heterocycles. The second-order valence-electron chi connectivity index (χ2n) is 3.95. The topological polar surface area (TPSA) is 56.8 Å². The van der Waals surface area contributed by atoms with Gasteiger partial charge in [0.25, 0.3) is 0 Å². The van der Waals surface area contributed by atoms with E-state index >= 15 is 0 Å². The van der Waals surface area contributed by atoms with E-state index < -0.39 is 0 Å². The van der Waals surface area contributed by atoms with Crippen LogP contribution in [0.25, 0.3) is 0 Å². The molecule has 128 valence electrons. The fourth-order valence-corrected chi connectivity index (χ4v) is 1.19. The number of hydrogen-bond acceptors (Lipinski definition) is 4. The van der Waals surface area contributed by atoms with Crippen LogP contribution in [0.15, 0.2) is 37.1 Å². The quantitative estimate of drug-likeness (QED) is 0.323. The smallest absolute Gasteiger partial charge is 0.245 e. The minimum absolute atomic E-state index is 0.0774. The highest BCUT2D eigenvalue weighted by molar-refractivity contribution is 5.76. The van der Waals surface area contributed by atoms with Crippen LogP contribution in [0.2, 0.25) is 0 Å². The molecule has 1 amide bonds. The molecule has 0 aromatic heterocycles. The van der Waals surface area contributed by atoms with E-state index in [9.17, 15) is 4.79 Å². The monoisotopic (exact) mass is 313 g/mol. The van der Waals surface area contributed by atoms with Crippen molar-refractivity contribution < 1.29 is 19.0 Å². The molecule has 0 radical (unpaired) electrons. The zero-order valence-electron chi connectivity index (χ0n) is 14.2. The number of carbonyl (C=O) groups excluding carboxylic acids is 1. The molecule has 0 atom stereocenters. The van der Waals surface area contributed by atoms with E-state index in [-0.39, 0.29) is 12.5 Å². The zero-order chi connectivity index (χ0) is 17.1. The molecule has 5 nitrogen and oxygen atoms in total. The summed E-state index contributed by atoms with van der Waals surface area (Å²) in [6.07, 6.45) is 7.04. The van der Waals surface area contributed by atoms with Crippen molar-refractivity contribution in [3.05, 3.63) is 37.1 Å². The summed E-state index contributed by atoms with van der Waals surface area (Å²) >= 11 is 0. The van der Waals surface area contributed by atoms with Gasteiger partial charge in [0.15, 0.2) is 0 Å². The molecule has 0 aromatic carbocycles. The molecule has 1 N–H and O–H groups in total. The van der Waals surface area contributed by atoms with Crippen molar-refractivity contribution in [2.24, 2.45) is 0 Å². The predicted molar refractivity (Wildman–Crippen MR) is 90.7 cm³/mol. The van der Waals surface area contributed by atoms with Crippen LogP contribution in [0.5, 0.6) is 0 Å². The van der Waals surface area contributed by atoms with Crippen molar-refractivity contribution in [1.29, 1.82) is 0 Å². The summed E-state index contributed by atoms with van der Waals surface area (Å²) in [6, 6.07) is 0. The average molecular weight is 313 g/mol. The summed E-state index contributed by atoms with van der Waals surface area (Å²) in [5, 5.41) is 2.48. The van der Waals surface area contributed by atoms with Crippen molar-refractivity contribution in [2.45, 2.75) is 26.7 Å². The van der Waals surface area contributed by atoms with Crippen LogP contribution in [0.3, 0.4) is 0 Å². The third kappa shape index (κ3) is 18.4.